The lowest BCUT2D eigenvalue weighted by Gasteiger charge is -1.96. The highest BCUT2D eigenvalue weighted by atomic mass is 32.1. The van der Waals surface area contributed by atoms with Crippen molar-refractivity contribution in [2.45, 2.75) is 336 Å². The Hall–Kier alpha value is -6.01. The summed E-state index contributed by atoms with van der Waals surface area (Å²) in [7, 11) is 0. The van der Waals surface area contributed by atoms with Crippen molar-refractivity contribution in [1.29, 1.82) is 0 Å². The average Bonchev–Trinajstić information content (AvgIpc) is 3.90. The van der Waals surface area contributed by atoms with E-state index >= 15 is 0 Å². The number of nitrogens with zero attached hydrogens (tertiary/aromatic N) is 7. The van der Waals surface area contributed by atoms with Crippen LogP contribution in [0.25, 0.3) is 0 Å². The molecule has 0 amide bonds. The molecule has 1 N–H and O–H groups in total. The average molecular weight is 1470 g/mol. The summed E-state index contributed by atoms with van der Waals surface area (Å²) in [6.45, 7) is 82.7. The van der Waals surface area contributed by atoms with Gasteiger partial charge in [-0.2, -0.15) is 20.8 Å². The molecule has 0 aliphatic carbocycles. The van der Waals surface area contributed by atoms with Crippen LogP contribution in [0.4, 0.5) is 0 Å². The minimum atomic E-state index is 0.456. The third kappa shape index (κ3) is 70.4. The summed E-state index contributed by atoms with van der Waals surface area (Å²) in [6.07, 6.45) is 17.4. The van der Waals surface area contributed by atoms with Gasteiger partial charge in [0.2, 0.25) is 0 Å². The second kappa shape index (κ2) is 89.1. The number of aromatic amines is 1. The zero-order chi connectivity index (χ0) is 79.8. The lowest BCUT2D eigenvalue weighted by atomic mass is 10.1. The fourth-order valence-corrected chi connectivity index (χ4v) is 8.25. The normalized spacial score (nSPS) is 8.90. The summed E-state index contributed by atoms with van der Waals surface area (Å²) in [5, 5.41) is 26.0. The molecule has 10 aromatic rings. The molecule has 0 atom stereocenters. The molecule has 17 heteroatoms. The Morgan fingerprint density at radius 1 is 0.370 bits per heavy atom. The summed E-state index contributed by atoms with van der Waals surface area (Å²) in [5.74, 6) is 7.71. The van der Waals surface area contributed by atoms with Crippen LogP contribution in [0.15, 0.2) is 161 Å². The van der Waals surface area contributed by atoms with Crippen LogP contribution in [0.5, 0.6) is 0 Å². The van der Waals surface area contributed by atoms with E-state index in [4.69, 9.17) is 13.4 Å². The first-order valence-corrected chi connectivity index (χ1v) is 40.9. The Morgan fingerprint density at radius 2 is 0.920 bits per heavy atom. The number of H-pyrrole nitrogens is 1. The predicted molar refractivity (Wildman–Crippen MR) is 451 cm³/mol. The number of hydrogen-bond acceptors (Lipinski definition) is 16. The molecule has 0 saturated carbocycles. The van der Waals surface area contributed by atoms with Gasteiger partial charge in [-0.3, -0.25) is 5.10 Å². The fourth-order valence-electron chi connectivity index (χ4n) is 5.50. The van der Waals surface area contributed by atoms with E-state index in [2.05, 4.69) is 221 Å². The van der Waals surface area contributed by atoms with Crippen LogP contribution >= 0.6 is 45.9 Å². The molecule has 10 aromatic heterocycles. The molecule has 0 radical (unpaired) electrons. The van der Waals surface area contributed by atoms with Crippen molar-refractivity contribution >= 4 is 45.9 Å². The summed E-state index contributed by atoms with van der Waals surface area (Å²) in [5.41, 5.74) is 8.64. The SMILES string of the molecule is CC.CC.CC.CC.CC.CC.CC.CC.CC.CC.CC(C)c1ccco1.CC(C)c1ccn[nH]1.CC(C)c1ccno1.CC(C)c1ccns1.CC(C)c1ccoc1.CC(C)c1ccon1.CC(C)c1ccsc1.CC(C)c1ccsn1.CC(C)c1cnoc1.CC(C)c1cnsc1. The first kappa shape index (κ1) is 115. The van der Waals surface area contributed by atoms with Gasteiger partial charge in [-0.1, -0.05) is 292 Å². The van der Waals surface area contributed by atoms with E-state index in [9.17, 15) is 0 Å². The highest BCUT2D eigenvalue weighted by molar-refractivity contribution is 7.08. The quantitative estimate of drug-likeness (QED) is 0.138. The van der Waals surface area contributed by atoms with Crippen LogP contribution in [0.3, 0.4) is 0 Å². The van der Waals surface area contributed by atoms with Gasteiger partial charge in [0.05, 0.1) is 42.6 Å². The lowest BCUT2D eigenvalue weighted by molar-refractivity contribution is 0.371. The molecule has 0 unspecified atom stereocenters. The molecule has 0 aliphatic rings. The van der Waals surface area contributed by atoms with Gasteiger partial charge in [-0.25, -0.2) is 8.75 Å². The maximum absolute atomic E-state index is 5.09. The Labute approximate surface area is 633 Å². The minimum absolute atomic E-state index is 0.456. The number of thiophene rings is 1. The first-order valence-electron chi connectivity index (χ1n) is 37.5. The molecule has 10 heterocycles. The van der Waals surface area contributed by atoms with E-state index in [1.54, 1.807) is 72.8 Å². The van der Waals surface area contributed by atoms with Crippen LogP contribution in [0, 0.1) is 0 Å². The standard InChI is InChI=1S/2C7H10O.C7H10S.C6H10N2.3C6H9NO.3C6H9NS.10C2H6/c1-6(2)7-3-4-8-5-7;1-6(2)7-4-3-5-8-7;1-6(2)7-3-4-8-5-7;1-5(2)6-3-4-7-8-6;1-5(2)6-3-7-8-4-6;1-5(2)6-3-4-8-7-6;1-5(2)6-3-4-7-8-6;1-5(2)6-3-7-8-4-6;1-5(2)6-3-4-8-7-6;1-5(2)6-3-4-7-8-6;10*1-2/h3*3-6H,1-2H3;3-5H,1-2H3,(H,7,8);6*3-5H,1-2H3;10*1-2H3. The van der Waals surface area contributed by atoms with Gasteiger partial charge < -0.3 is 22.4 Å². The fraction of sp³-hybridized carbons (Fsp3) is 0.602. The first-order chi connectivity index (χ1) is 48.0. The monoisotopic (exact) mass is 1470 g/mol. The zero-order valence-corrected chi connectivity index (χ0v) is 74.6. The van der Waals surface area contributed by atoms with Crippen LogP contribution in [-0.2, 0) is 0 Å². The van der Waals surface area contributed by atoms with E-state index in [1.165, 1.54) is 56.0 Å². The van der Waals surface area contributed by atoms with Gasteiger partial charge in [0, 0.05) is 69.5 Å². The van der Waals surface area contributed by atoms with E-state index in [1.807, 2.05) is 193 Å². The molecular formula is C83H154N8O5S4. The summed E-state index contributed by atoms with van der Waals surface area (Å²) in [6, 6.07) is 17.9. The number of furan rings is 2. The number of rotatable bonds is 10. The Bertz CT molecular complexity index is 2080. The lowest BCUT2D eigenvalue weighted by Crippen LogP contribution is -1.85. The van der Waals surface area contributed by atoms with Gasteiger partial charge >= 0.3 is 0 Å². The van der Waals surface area contributed by atoms with Crippen LogP contribution in [0.2, 0.25) is 0 Å². The van der Waals surface area contributed by atoms with Crippen molar-refractivity contribution in [3.8, 4) is 0 Å². The van der Waals surface area contributed by atoms with Gasteiger partial charge in [0.15, 0.2) is 0 Å². The van der Waals surface area contributed by atoms with Crippen molar-refractivity contribution in [1.82, 2.24) is 38.8 Å². The second-order valence-electron chi connectivity index (χ2n) is 21.3. The van der Waals surface area contributed by atoms with Crippen LogP contribution in [0.1, 0.15) is 392 Å². The van der Waals surface area contributed by atoms with Gasteiger partial charge in [0.1, 0.15) is 24.0 Å². The van der Waals surface area contributed by atoms with E-state index in [0.717, 1.165) is 22.8 Å². The highest BCUT2D eigenvalue weighted by Crippen LogP contribution is 2.19. The van der Waals surface area contributed by atoms with E-state index in [-0.39, 0.29) is 0 Å². The molecule has 100 heavy (non-hydrogen) atoms. The van der Waals surface area contributed by atoms with Gasteiger partial charge in [-0.15, -0.1) is 0 Å². The summed E-state index contributed by atoms with van der Waals surface area (Å²) >= 11 is 6.38. The number of aromatic nitrogens is 8. The Balaban J connectivity index is -0.000000109. The topological polar surface area (TPSA) is 172 Å². The van der Waals surface area contributed by atoms with Gasteiger partial charge in [0.25, 0.3) is 0 Å². The molecule has 0 bridgehead atoms. The molecule has 580 valence electrons. The van der Waals surface area contributed by atoms with Crippen molar-refractivity contribution < 1.29 is 22.4 Å². The van der Waals surface area contributed by atoms with Crippen molar-refractivity contribution in [3.63, 3.8) is 0 Å². The zero-order valence-electron chi connectivity index (χ0n) is 71.4. The molecule has 0 aliphatic heterocycles. The van der Waals surface area contributed by atoms with Crippen molar-refractivity contribution in [2.24, 2.45) is 0 Å². The van der Waals surface area contributed by atoms with Crippen LogP contribution in [-0.4, -0.2) is 38.8 Å². The molecule has 13 nitrogen and oxygen atoms in total. The summed E-state index contributed by atoms with van der Waals surface area (Å²) in [4.78, 5) is 1.37. The molecular weight excluding hydrogens is 1320 g/mol. The molecule has 0 spiro atoms. The van der Waals surface area contributed by atoms with Gasteiger partial charge in [-0.05, 0) is 152 Å². The third-order valence-corrected chi connectivity index (χ3v) is 14.0. The molecule has 0 fully saturated rings. The predicted octanol–water partition coefficient (Wildman–Crippen LogP) is 31.7. The third-order valence-electron chi connectivity index (χ3n) is 11.1. The molecule has 0 saturated heterocycles. The number of nitrogens with one attached hydrogen (secondary N) is 1. The van der Waals surface area contributed by atoms with Crippen LogP contribution < -0.4 is 0 Å². The minimum Gasteiger partial charge on any atom is -0.472 e. The van der Waals surface area contributed by atoms with Crippen molar-refractivity contribution in [3.05, 3.63) is 194 Å². The second-order valence-corrected chi connectivity index (χ2v) is 24.2. The smallest absolute Gasteiger partial charge is 0.139 e. The molecule has 0 aromatic carbocycles. The molecule has 10 rings (SSSR count). The van der Waals surface area contributed by atoms with E-state index < -0.39 is 0 Å². The summed E-state index contributed by atoms with van der Waals surface area (Å²) < 4.78 is 36.2. The van der Waals surface area contributed by atoms with E-state index in [0.29, 0.717) is 59.2 Å². The van der Waals surface area contributed by atoms with Crippen molar-refractivity contribution in [2.75, 3.05) is 0 Å². The maximum Gasteiger partial charge on any atom is 0.139 e. The highest BCUT2D eigenvalue weighted by Gasteiger charge is 2.03. The Morgan fingerprint density at radius 3 is 1.12 bits per heavy atom. The number of hydrogen-bond donors (Lipinski definition) is 1. The maximum atomic E-state index is 5.09. The largest absolute Gasteiger partial charge is 0.472 e. The Kier molecular flexibility index (Phi) is 103.